The maximum atomic E-state index is 3.60. The van der Waals surface area contributed by atoms with Gasteiger partial charge in [0, 0.05) is 28.7 Å². The number of nitrogens with one attached hydrogen (secondary N) is 1. The predicted molar refractivity (Wildman–Crippen MR) is 95.0 cm³/mol. The highest BCUT2D eigenvalue weighted by Gasteiger charge is 2.14. The Labute approximate surface area is 133 Å². The fourth-order valence-electron chi connectivity index (χ4n) is 2.37. The molecule has 0 fully saturated rings. The molecule has 0 atom stereocenters. The molecule has 2 nitrogen and oxygen atoms in total. The van der Waals surface area contributed by atoms with Crippen molar-refractivity contribution in [3.8, 4) is 0 Å². The Balaban J connectivity index is 2.25. The van der Waals surface area contributed by atoms with Gasteiger partial charge in [-0.05, 0) is 50.4 Å². The van der Waals surface area contributed by atoms with E-state index in [4.69, 9.17) is 0 Å². The van der Waals surface area contributed by atoms with E-state index in [1.54, 1.807) is 0 Å². The minimum atomic E-state index is 0.570. The van der Waals surface area contributed by atoms with Crippen LogP contribution in [-0.2, 0) is 13.1 Å². The summed E-state index contributed by atoms with van der Waals surface area (Å²) in [7, 11) is 2.21. The molecule has 1 aromatic heterocycles. The maximum Gasteiger partial charge on any atom is 0.0349 e. The van der Waals surface area contributed by atoms with E-state index >= 15 is 0 Å². The van der Waals surface area contributed by atoms with E-state index < -0.39 is 0 Å². The van der Waals surface area contributed by atoms with Crippen LogP contribution in [0.15, 0.2) is 24.3 Å². The topological polar surface area (TPSA) is 15.3 Å². The van der Waals surface area contributed by atoms with Crippen molar-refractivity contribution in [1.82, 2.24) is 10.2 Å². The van der Waals surface area contributed by atoms with Gasteiger partial charge in [-0.3, -0.25) is 4.90 Å². The molecule has 1 N–H and O–H groups in total. The molecule has 1 heterocycles. The van der Waals surface area contributed by atoms with Crippen molar-refractivity contribution < 1.29 is 0 Å². The van der Waals surface area contributed by atoms with Crippen LogP contribution in [0.4, 0.5) is 0 Å². The second kappa shape index (κ2) is 7.39. The number of nitrogens with zero attached hydrogens (tertiary/aromatic N) is 1. The van der Waals surface area contributed by atoms with E-state index in [9.17, 15) is 0 Å². The van der Waals surface area contributed by atoms with Crippen LogP contribution in [0.25, 0.3) is 10.1 Å². The lowest BCUT2D eigenvalue weighted by Gasteiger charge is -2.21. The molecule has 3 heteroatoms. The highest BCUT2D eigenvalue weighted by Crippen LogP contribution is 2.32. The molecule has 0 aliphatic carbocycles. The van der Waals surface area contributed by atoms with Crippen LogP contribution in [0.5, 0.6) is 0 Å². The van der Waals surface area contributed by atoms with E-state index in [-0.39, 0.29) is 0 Å². The van der Waals surface area contributed by atoms with E-state index in [1.165, 1.54) is 20.5 Å². The van der Waals surface area contributed by atoms with Crippen molar-refractivity contribution >= 4 is 21.4 Å². The highest BCUT2D eigenvalue weighted by atomic mass is 32.1. The Morgan fingerprint density at radius 3 is 2.52 bits per heavy atom. The molecular formula is C18H28N2S. The number of benzene rings is 1. The zero-order chi connectivity index (χ0) is 15.4. The summed E-state index contributed by atoms with van der Waals surface area (Å²) in [5, 5.41) is 5.02. The van der Waals surface area contributed by atoms with E-state index in [1.807, 2.05) is 11.3 Å². The van der Waals surface area contributed by atoms with Crippen LogP contribution in [0.2, 0.25) is 0 Å². The van der Waals surface area contributed by atoms with Gasteiger partial charge in [0.1, 0.15) is 0 Å². The van der Waals surface area contributed by atoms with Crippen molar-refractivity contribution in [1.29, 1.82) is 0 Å². The summed E-state index contributed by atoms with van der Waals surface area (Å²) in [6.07, 6.45) is 0. The zero-order valence-electron chi connectivity index (χ0n) is 13.9. The Morgan fingerprint density at radius 1 is 1.14 bits per heavy atom. The molecular weight excluding hydrogens is 276 g/mol. The van der Waals surface area contributed by atoms with Crippen molar-refractivity contribution in [3.05, 3.63) is 34.7 Å². The Morgan fingerprint density at radius 2 is 1.86 bits per heavy atom. The summed E-state index contributed by atoms with van der Waals surface area (Å²) in [6, 6.07) is 9.37. The first-order valence-corrected chi connectivity index (χ1v) is 8.71. The second-order valence-electron chi connectivity index (χ2n) is 6.53. The third-order valence-electron chi connectivity index (χ3n) is 3.91. The smallest absolute Gasteiger partial charge is 0.0349 e. The van der Waals surface area contributed by atoms with Crippen molar-refractivity contribution in [3.63, 3.8) is 0 Å². The molecule has 2 rings (SSSR count). The number of thiophene rings is 1. The lowest BCUT2D eigenvalue weighted by Crippen LogP contribution is -2.26. The fourth-order valence-corrected chi connectivity index (χ4v) is 3.56. The van der Waals surface area contributed by atoms with Gasteiger partial charge in [0.15, 0.2) is 0 Å². The van der Waals surface area contributed by atoms with Crippen molar-refractivity contribution in [2.75, 3.05) is 13.6 Å². The molecule has 0 spiro atoms. The van der Waals surface area contributed by atoms with Gasteiger partial charge in [-0.1, -0.05) is 32.0 Å². The maximum absolute atomic E-state index is 3.60. The molecule has 116 valence electrons. The lowest BCUT2D eigenvalue weighted by atomic mass is 10.1. The molecule has 21 heavy (non-hydrogen) atoms. The molecule has 2 aromatic rings. The first-order valence-electron chi connectivity index (χ1n) is 7.89. The third kappa shape index (κ3) is 4.29. The SMILES string of the molecule is CC(C)CNCc1sc2ccccc2c1CN(C)C(C)C. The zero-order valence-corrected chi connectivity index (χ0v) is 14.8. The van der Waals surface area contributed by atoms with Gasteiger partial charge in [0.05, 0.1) is 0 Å². The number of hydrogen-bond donors (Lipinski definition) is 1. The second-order valence-corrected chi connectivity index (χ2v) is 7.67. The van der Waals surface area contributed by atoms with Crippen molar-refractivity contribution in [2.24, 2.45) is 5.92 Å². The monoisotopic (exact) mass is 304 g/mol. The summed E-state index contributed by atoms with van der Waals surface area (Å²) in [4.78, 5) is 3.91. The van der Waals surface area contributed by atoms with Crippen LogP contribution >= 0.6 is 11.3 Å². The van der Waals surface area contributed by atoms with Gasteiger partial charge in [-0.25, -0.2) is 0 Å². The molecule has 1 aromatic carbocycles. The third-order valence-corrected chi connectivity index (χ3v) is 5.12. The number of fused-ring (bicyclic) bond motifs is 1. The van der Waals surface area contributed by atoms with E-state index in [2.05, 4.69) is 69.2 Å². The lowest BCUT2D eigenvalue weighted by molar-refractivity contribution is 0.266. The molecule has 0 aliphatic rings. The minimum Gasteiger partial charge on any atom is -0.312 e. The molecule has 0 radical (unpaired) electrons. The van der Waals surface area contributed by atoms with Gasteiger partial charge in [0.2, 0.25) is 0 Å². The Hall–Kier alpha value is -0.900. The quantitative estimate of drug-likeness (QED) is 0.811. The summed E-state index contributed by atoms with van der Waals surface area (Å²) in [5.74, 6) is 0.696. The summed E-state index contributed by atoms with van der Waals surface area (Å²) < 4.78 is 1.41. The van der Waals surface area contributed by atoms with E-state index in [0.717, 1.165) is 19.6 Å². The highest BCUT2D eigenvalue weighted by molar-refractivity contribution is 7.19. The van der Waals surface area contributed by atoms with Crippen LogP contribution in [0, 0.1) is 5.92 Å². The molecule has 0 unspecified atom stereocenters. The summed E-state index contributed by atoms with van der Waals surface area (Å²) in [5.41, 5.74) is 1.50. The average molecular weight is 305 g/mol. The van der Waals surface area contributed by atoms with Crippen LogP contribution in [0.1, 0.15) is 38.1 Å². The normalized spacial score (nSPS) is 12.2. The Bertz CT molecular complexity index is 572. The number of hydrogen-bond acceptors (Lipinski definition) is 3. The minimum absolute atomic E-state index is 0.570. The molecule has 0 bridgehead atoms. The predicted octanol–water partition coefficient (Wildman–Crippen LogP) is 4.49. The first kappa shape index (κ1) is 16.5. The summed E-state index contributed by atoms with van der Waals surface area (Å²) >= 11 is 1.94. The van der Waals surface area contributed by atoms with Gasteiger partial charge in [0.25, 0.3) is 0 Å². The first-order chi connectivity index (χ1) is 9.99. The Kier molecular flexibility index (Phi) is 5.80. The molecule has 0 aliphatic heterocycles. The van der Waals surface area contributed by atoms with Crippen LogP contribution in [0.3, 0.4) is 0 Å². The van der Waals surface area contributed by atoms with Gasteiger partial charge >= 0.3 is 0 Å². The average Bonchev–Trinajstić information content (AvgIpc) is 2.76. The number of rotatable bonds is 7. The molecule has 0 saturated carbocycles. The van der Waals surface area contributed by atoms with Gasteiger partial charge in [-0.2, -0.15) is 0 Å². The summed E-state index contributed by atoms with van der Waals surface area (Å²) in [6.45, 7) is 12.1. The fraction of sp³-hybridized carbons (Fsp3) is 0.556. The van der Waals surface area contributed by atoms with Gasteiger partial charge in [-0.15, -0.1) is 11.3 Å². The molecule has 0 amide bonds. The molecule has 0 saturated heterocycles. The van der Waals surface area contributed by atoms with Crippen LogP contribution < -0.4 is 5.32 Å². The van der Waals surface area contributed by atoms with Crippen molar-refractivity contribution in [2.45, 2.75) is 46.8 Å². The van der Waals surface area contributed by atoms with Gasteiger partial charge < -0.3 is 5.32 Å². The largest absolute Gasteiger partial charge is 0.312 e. The van der Waals surface area contributed by atoms with Crippen LogP contribution in [-0.4, -0.2) is 24.5 Å². The standard InChI is InChI=1S/C18H28N2S/c1-13(2)10-19-11-18-16(12-20(5)14(3)4)15-8-6-7-9-17(15)21-18/h6-9,13-14,19H,10-12H2,1-5H3. The van der Waals surface area contributed by atoms with E-state index in [0.29, 0.717) is 12.0 Å².